The molecule has 0 aromatic rings. The Labute approximate surface area is 92.4 Å². The number of nitrogens with two attached hydrogens (primary N) is 1. The number of hydrogen-bond acceptors (Lipinski definition) is 4. The van der Waals surface area contributed by atoms with Crippen molar-refractivity contribution in [1.82, 2.24) is 0 Å². The molecule has 0 atom stereocenters. The van der Waals surface area contributed by atoms with Crippen molar-refractivity contribution in [1.29, 1.82) is 0 Å². The second-order valence-electron chi connectivity index (χ2n) is 3.12. The van der Waals surface area contributed by atoms with E-state index in [1.165, 1.54) is 0 Å². The molecule has 0 bridgehead atoms. The van der Waals surface area contributed by atoms with E-state index in [2.05, 4.69) is 6.92 Å². The molecule has 2 N–H and O–H groups in total. The summed E-state index contributed by atoms with van der Waals surface area (Å²) < 4.78 is 22.4. The zero-order valence-corrected chi connectivity index (χ0v) is 10.8. The number of rotatable bonds is 8. The van der Waals surface area contributed by atoms with Gasteiger partial charge in [0, 0.05) is 12.4 Å². The monoisotopic (exact) mass is 235 g/mol. The normalized spacial score (nSPS) is 13.2. The lowest BCUT2D eigenvalue weighted by Crippen LogP contribution is -2.04. The predicted molar refractivity (Wildman–Crippen MR) is 62.9 cm³/mol. The van der Waals surface area contributed by atoms with Gasteiger partial charge < -0.3 is 14.8 Å². The van der Waals surface area contributed by atoms with E-state index >= 15 is 0 Å². The zero-order valence-electron chi connectivity index (χ0n) is 9.86. The van der Waals surface area contributed by atoms with Gasteiger partial charge in [0.25, 0.3) is 0 Å². The van der Waals surface area contributed by atoms with Crippen LogP contribution < -0.4 is 5.73 Å². The fraction of sp³-hybridized carbons (Fsp3) is 0.800. The van der Waals surface area contributed by atoms with Crippen LogP contribution in [0.5, 0.6) is 0 Å². The maximum Gasteiger partial charge on any atom is 0.354 e. The molecule has 0 radical (unpaired) electrons. The maximum absolute atomic E-state index is 12.1. The third-order valence-corrected chi connectivity index (χ3v) is 3.71. The summed E-state index contributed by atoms with van der Waals surface area (Å²) in [6.07, 6.45) is 1.81. The van der Waals surface area contributed by atoms with E-state index in [4.69, 9.17) is 14.8 Å². The van der Waals surface area contributed by atoms with Crippen molar-refractivity contribution in [2.45, 2.75) is 33.6 Å². The van der Waals surface area contributed by atoms with Crippen molar-refractivity contribution in [3.63, 3.8) is 0 Å². The Morgan fingerprint density at radius 1 is 1.27 bits per heavy atom. The van der Waals surface area contributed by atoms with Crippen LogP contribution in [0.4, 0.5) is 0 Å². The summed E-state index contributed by atoms with van der Waals surface area (Å²) in [6, 6.07) is 0. The van der Waals surface area contributed by atoms with Crippen LogP contribution in [0.25, 0.3) is 0 Å². The molecule has 0 aliphatic carbocycles. The summed E-state index contributed by atoms with van der Waals surface area (Å²) in [4.78, 5) is 0. The highest BCUT2D eigenvalue weighted by Gasteiger charge is 2.20. The van der Waals surface area contributed by atoms with Crippen molar-refractivity contribution in [2.75, 3.05) is 19.8 Å². The summed E-state index contributed by atoms with van der Waals surface area (Å²) in [5.74, 6) is 1.57. The van der Waals surface area contributed by atoms with Gasteiger partial charge in [-0.1, -0.05) is 13.3 Å². The van der Waals surface area contributed by atoms with Gasteiger partial charge in [-0.15, -0.1) is 0 Å². The van der Waals surface area contributed by atoms with Gasteiger partial charge in [0.2, 0.25) is 0 Å². The third kappa shape index (κ3) is 6.10. The van der Waals surface area contributed by atoms with Gasteiger partial charge >= 0.3 is 7.60 Å². The van der Waals surface area contributed by atoms with Gasteiger partial charge in [-0.25, -0.2) is 0 Å². The zero-order chi connectivity index (χ0) is 11.7. The smallest absolute Gasteiger partial charge is 0.327 e. The first-order chi connectivity index (χ1) is 7.11. The van der Waals surface area contributed by atoms with Gasteiger partial charge in [0.1, 0.15) is 0 Å². The largest absolute Gasteiger partial charge is 0.354 e. The number of hydrogen-bond donors (Lipinski definition) is 1. The van der Waals surface area contributed by atoms with E-state index < -0.39 is 7.60 Å². The molecule has 0 unspecified atom stereocenters. The minimum absolute atomic E-state index is 0.373. The Kier molecular flexibility index (Phi) is 7.97. The molecule has 0 saturated carbocycles. The van der Waals surface area contributed by atoms with Gasteiger partial charge in [-0.2, -0.15) is 0 Å². The van der Waals surface area contributed by atoms with Gasteiger partial charge in [-0.3, -0.25) is 4.57 Å². The molecule has 0 saturated heterocycles. The topological polar surface area (TPSA) is 61.5 Å². The Bertz CT molecular complexity index is 231. The van der Waals surface area contributed by atoms with E-state index in [1.54, 1.807) is 19.7 Å². The highest BCUT2D eigenvalue weighted by atomic mass is 31.2. The van der Waals surface area contributed by atoms with Crippen LogP contribution in [0.15, 0.2) is 11.4 Å². The van der Waals surface area contributed by atoms with E-state index in [0.717, 1.165) is 18.4 Å². The Morgan fingerprint density at radius 3 is 2.13 bits per heavy atom. The van der Waals surface area contributed by atoms with Crippen molar-refractivity contribution in [2.24, 2.45) is 5.73 Å². The van der Waals surface area contributed by atoms with Crippen LogP contribution in [0.3, 0.4) is 0 Å². The minimum Gasteiger partial charge on any atom is -0.327 e. The fourth-order valence-corrected chi connectivity index (χ4v) is 2.86. The molecule has 0 spiro atoms. The van der Waals surface area contributed by atoms with E-state index in [-0.39, 0.29) is 0 Å². The molecule has 0 amide bonds. The molecule has 0 aliphatic rings. The SMILES string of the molecule is CCC/C(=C\P(=O)(OCC)OCC)CN. The summed E-state index contributed by atoms with van der Waals surface area (Å²) >= 11 is 0. The molecular formula is C10H22NO3P. The Morgan fingerprint density at radius 2 is 1.80 bits per heavy atom. The first kappa shape index (κ1) is 14.8. The molecule has 4 nitrogen and oxygen atoms in total. The first-order valence-electron chi connectivity index (χ1n) is 5.41. The maximum atomic E-state index is 12.1. The fourth-order valence-electron chi connectivity index (χ4n) is 1.24. The molecule has 0 fully saturated rings. The van der Waals surface area contributed by atoms with Crippen LogP contribution in [0, 0.1) is 0 Å². The summed E-state index contributed by atoms with van der Waals surface area (Å²) in [5, 5.41) is 0. The standard InChI is InChI=1S/C10H22NO3P/c1-4-7-10(8-11)9-15(12,13-5-2)14-6-3/h9H,4-8,11H2,1-3H3/b10-9+. The van der Waals surface area contributed by atoms with Crippen LogP contribution in [0.2, 0.25) is 0 Å². The van der Waals surface area contributed by atoms with Gasteiger partial charge in [0.15, 0.2) is 0 Å². The van der Waals surface area contributed by atoms with Crippen molar-refractivity contribution in [3.05, 3.63) is 11.4 Å². The summed E-state index contributed by atoms with van der Waals surface area (Å²) in [7, 11) is -3.06. The molecule has 0 heterocycles. The van der Waals surface area contributed by atoms with Gasteiger partial charge in [-0.05, 0) is 25.8 Å². The molecule has 5 heteroatoms. The van der Waals surface area contributed by atoms with E-state index in [0.29, 0.717) is 19.8 Å². The lowest BCUT2D eigenvalue weighted by molar-refractivity contribution is 0.228. The van der Waals surface area contributed by atoms with Crippen molar-refractivity contribution >= 4 is 7.60 Å². The predicted octanol–water partition coefficient (Wildman–Crippen LogP) is 2.90. The van der Waals surface area contributed by atoms with Crippen molar-refractivity contribution in [3.8, 4) is 0 Å². The molecular weight excluding hydrogens is 213 g/mol. The molecule has 0 aliphatic heterocycles. The van der Waals surface area contributed by atoms with E-state index in [1.807, 2.05) is 0 Å². The second-order valence-corrected chi connectivity index (χ2v) is 4.97. The van der Waals surface area contributed by atoms with Crippen molar-refractivity contribution < 1.29 is 13.6 Å². The Hall–Kier alpha value is -0.150. The third-order valence-electron chi connectivity index (χ3n) is 1.79. The van der Waals surface area contributed by atoms with Crippen LogP contribution in [-0.4, -0.2) is 19.8 Å². The highest BCUT2D eigenvalue weighted by molar-refractivity contribution is 7.57. The van der Waals surface area contributed by atoms with E-state index in [9.17, 15) is 4.57 Å². The minimum atomic E-state index is -3.06. The van der Waals surface area contributed by atoms with Crippen LogP contribution in [0.1, 0.15) is 33.6 Å². The average molecular weight is 235 g/mol. The summed E-state index contributed by atoms with van der Waals surface area (Å²) in [6.45, 7) is 6.78. The second kappa shape index (κ2) is 8.05. The Balaban J connectivity index is 4.67. The lowest BCUT2D eigenvalue weighted by atomic mass is 10.2. The molecule has 0 rings (SSSR count). The molecule has 90 valence electrons. The van der Waals surface area contributed by atoms with Crippen LogP contribution in [-0.2, 0) is 13.6 Å². The average Bonchev–Trinajstić information content (AvgIpc) is 2.17. The van der Waals surface area contributed by atoms with Crippen LogP contribution >= 0.6 is 7.60 Å². The van der Waals surface area contributed by atoms with Gasteiger partial charge in [0.05, 0.1) is 13.2 Å². The quantitative estimate of drug-likeness (QED) is 0.657. The molecule has 0 aromatic heterocycles. The molecule has 0 aromatic carbocycles. The summed E-state index contributed by atoms with van der Waals surface area (Å²) in [5.41, 5.74) is 6.49. The highest BCUT2D eigenvalue weighted by Crippen LogP contribution is 2.50. The lowest BCUT2D eigenvalue weighted by Gasteiger charge is -2.14. The molecule has 15 heavy (non-hydrogen) atoms. The first-order valence-corrected chi connectivity index (χ1v) is 7.02.